The molecule has 0 N–H and O–H groups in total. The molecular formula is C26H39N5O2. The van der Waals surface area contributed by atoms with Crippen LogP contribution in [0, 0.1) is 23.7 Å². The first-order chi connectivity index (χ1) is 16.0. The van der Waals surface area contributed by atoms with Crippen LogP contribution < -0.4 is 0 Å². The molecule has 1 aliphatic heterocycles. The lowest BCUT2D eigenvalue weighted by Gasteiger charge is -2.41. The van der Waals surface area contributed by atoms with Crippen LogP contribution in [0.3, 0.4) is 0 Å². The number of hydrogen-bond donors (Lipinski definition) is 0. The SMILES string of the molecule is COCCN1CCN(C[C@@H]2C=C(C)[C@H](Cc3nnc(-c4ccncc4)o3)C[C@H]2C(C)C)CC1. The van der Waals surface area contributed by atoms with E-state index in [2.05, 4.69) is 51.8 Å². The highest BCUT2D eigenvalue weighted by Gasteiger charge is 2.34. The van der Waals surface area contributed by atoms with Crippen LogP contribution in [0.2, 0.25) is 0 Å². The van der Waals surface area contributed by atoms with Crippen molar-refractivity contribution in [2.45, 2.75) is 33.6 Å². The maximum Gasteiger partial charge on any atom is 0.247 e. The summed E-state index contributed by atoms with van der Waals surface area (Å²) in [5, 5.41) is 8.61. The topological polar surface area (TPSA) is 67.5 Å². The molecule has 3 atom stereocenters. The lowest BCUT2D eigenvalue weighted by Crippen LogP contribution is -2.49. The molecule has 180 valence electrons. The third-order valence-electron chi connectivity index (χ3n) is 7.44. The smallest absolute Gasteiger partial charge is 0.247 e. The largest absolute Gasteiger partial charge is 0.421 e. The molecule has 4 rings (SSSR count). The van der Waals surface area contributed by atoms with E-state index in [-0.39, 0.29) is 0 Å². The molecule has 0 bridgehead atoms. The van der Waals surface area contributed by atoms with Gasteiger partial charge in [0.05, 0.1) is 6.61 Å². The number of ether oxygens (including phenoxy) is 1. The quantitative estimate of drug-likeness (QED) is 0.535. The van der Waals surface area contributed by atoms with Crippen molar-refractivity contribution in [1.29, 1.82) is 0 Å². The van der Waals surface area contributed by atoms with Crippen molar-refractivity contribution in [2.24, 2.45) is 23.7 Å². The highest BCUT2D eigenvalue weighted by Crippen LogP contribution is 2.39. The fourth-order valence-electron chi connectivity index (χ4n) is 5.36. The number of allylic oxidation sites excluding steroid dienone is 1. The summed E-state index contributed by atoms with van der Waals surface area (Å²) >= 11 is 0. The molecule has 1 fully saturated rings. The summed E-state index contributed by atoms with van der Waals surface area (Å²) in [5.74, 6) is 3.71. The molecule has 3 heterocycles. The van der Waals surface area contributed by atoms with E-state index in [1.807, 2.05) is 12.1 Å². The van der Waals surface area contributed by atoms with Gasteiger partial charge in [-0.1, -0.05) is 25.5 Å². The summed E-state index contributed by atoms with van der Waals surface area (Å²) < 4.78 is 11.2. The molecule has 0 amide bonds. The average Bonchev–Trinajstić information content (AvgIpc) is 3.29. The molecule has 1 saturated heterocycles. The number of rotatable bonds is 9. The van der Waals surface area contributed by atoms with E-state index < -0.39 is 0 Å². The number of methoxy groups -OCH3 is 1. The third-order valence-corrected chi connectivity index (χ3v) is 7.44. The van der Waals surface area contributed by atoms with Crippen molar-refractivity contribution in [3.05, 3.63) is 42.1 Å². The van der Waals surface area contributed by atoms with Gasteiger partial charge in [0.1, 0.15) is 0 Å². The lowest BCUT2D eigenvalue weighted by atomic mass is 9.69. The molecule has 1 aliphatic carbocycles. The molecule has 0 radical (unpaired) electrons. The standard InChI is InChI=1S/C26H39N5O2/c1-19(2)24-16-22(17-25-28-29-26(33-25)21-5-7-27-8-6-21)20(3)15-23(24)18-31-11-9-30(10-12-31)13-14-32-4/h5-8,15,19,22-24H,9-14,16-18H2,1-4H3/t22-,23-,24-/m0/s1. The third kappa shape index (κ3) is 6.28. The first-order valence-corrected chi connectivity index (χ1v) is 12.4. The van der Waals surface area contributed by atoms with Gasteiger partial charge in [0.25, 0.3) is 0 Å². The van der Waals surface area contributed by atoms with Gasteiger partial charge in [-0.25, -0.2) is 0 Å². The van der Waals surface area contributed by atoms with Gasteiger partial charge in [0.2, 0.25) is 11.8 Å². The van der Waals surface area contributed by atoms with Gasteiger partial charge in [0.15, 0.2) is 0 Å². The summed E-state index contributed by atoms with van der Waals surface area (Å²) in [6, 6.07) is 3.81. The van der Waals surface area contributed by atoms with Crippen molar-refractivity contribution in [3.63, 3.8) is 0 Å². The lowest BCUT2D eigenvalue weighted by molar-refractivity contribution is 0.0798. The van der Waals surface area contributed by atoms with Crippen LogP contribution in [0.15, 0.2) is 40.6 Å². The molecule has 7 nitrogen and oxygen atoms in total. The molecule has 0 unspecified atom stereocenters. The zero-order valence-corrected chi connectivity index (χ0v) is 20.6. The van der Waals surface area contributed by atoms with Gasteiger partial charge < -0.3 is 14.1 Å². The Morgan fingerprint density at radius 2 is 1.82 bits per heavy atom. The first-order valence-electron chi connectivity index (χ1n) is 12.4. The maximum atomic E-state index is 6.00. The number of hydrogen-bond acceptors (Lipinski definition) is 7. The maximum absolute atomic E-state index is 6.00. The Hall–Kier alpha value is -2.09. The fraction of sp³-hybridized carbons (Fsp3) is 0.654. The molecule has 2 aromatic rings. The Bertz CT molecular complexity index is 889. The Morgan fingerprint density at radius 1 is 1.09 bits per heavy atom. The van der Waals surface area contributed by atoms with Gasteiger partial charge >= 0.3 is 0 Å². The predicted molar refractivity (Wildman–Crippen MR) is 130 cm³/mol. The Morgan fingerprint density at radius 3 is 2.52 bits per heavy atom. The number of nitrogens with zero attached hydrogens (tertiary/aromatic N) is 5. The van der Waals surface area contributed by atoms with Gasteiger partial charge in [-0.2, -0.15) is 0 Å². The van der Waals surface area contributed by atoms with E-state index in [9.17, 15) is 0 Å². The fourth-order valence-corrected chi connectivity index (χ4v) is 5.36. The van der Waals surface area contributed by atoms with Crippen molar-refractivity contribution < 1.29 is 9.15 Å². The van der Waals surface area contributed by atoms with Crippen LogP contribution in [0.25, 0.3) is 11.5 Å². The second-order valence-corrected chi connectivity index (χ2v) is 9.99. The summed E-state index contributed by atoms with van der Waals surface area (Å²) in [4.78, 5) is 9.24. The van der Waals surface area contributed by atoms with Crippen LogP contribution in [-0.2, 0) is 11.2 Å². The summed E-state index contributed by atoms with van der Waals surface area (Å²) in [5.41, 5.74) is 2.39. The summed E-state index contributed by atoms with van der Waals surface area (Å²) in [7, 11) is 1.78. The molecule has 7 heteroatoms. The van der Waals surface area contributed by atoms with Crippen LogP contribution >= 0.6 is 0 Å². The normalized spacial score (nSPS) is 24.9. The van der Waals surface area contributed by atoms with Crippen molar-refractivity contribution in [1.82, 2.24) is 25.0 Å². The van der Waals surface area contributed by atoms with E-state index in [1.165, 1.54) is 12.0 Å². The van der Waals surface area contributed by atoms with Gasteiger partial charge in [-0.3, -0.25) is 9.88 Å². The second-order valence-electron chi connectivity index (χ2n) is 9.99. The second kappa shape index (κ2) is 11.4. The molecular weight excluding hydrogens is 414 g/mol. The minimum Gasteiger partial charge on any atom is -0.421 e. The molecule has 0 saturated carbocycles. The monoisotopic (exact) mass is 453 g/mol. The van der Waals surface area contributed by atoms with Crippen LogP contribution in [0.1, 0.15) is 33.1 Å². The van der Waals surface area contributed by atoms with E-state index in [0.29, 0.717) is 29.6 Å². The molecule has 0 aromatic carbocycles. The van der Waals surface area contributed by atoms with E-state index in [1.54, 1.807) is 19.5 Å². The molecule has 2 aliphatic rings. The van der Waals surface area contributed by atoms with Gasteiger partial charge in [-0.05, 0) is 49.1 Å². The highest BCUT2D eigenvalue weighted by atomic mass is 16.5. The predicted octanol–water partition coefficient (Wildman–Crippen LogP) is 3.79. The van der Waals surface area contributed by atoms with Crippen molar-refractivity contribution in [2.75, 3.05) is 53.0 Å². The Balaban J connectivity index is 1.37. The summed E-state index contributed by atoms with van der Waals surface area (Å²) in [6.07, 6.45) is 8.05. The average molecular weight is 454 g/mol. The highest BCUT2D eigenvalue weighted by molar-refractivity contribution is 5.50. The van der Waals surface area contributed by atoms with E-state index in [4.69, 9.17) is 9.15 Å². The molecule has 0 spiro atoms. The minimum atomic E-state index is 0.463. The molecule has 33 heavy (non-hydrogen) atoms. The van der Waals surface area contributed by atoms with Crippen molar-refractivity contribution in [3.8, 4) is 11.5 Å². The number of piperazine rings is 1. The van der Waals surface area contributed by atoms with Crippen LogP contribution in [0.5, 0.6) is 0 Å². The van der Waals surface area contributed by atoms with Crippen LogP contribution in [0.4, 0.5) is 0 Å². The zero-order valence-electron chi connectivity index (χ0n) is 20.6. The van der Waals surface area contributed by atoms with Crippen molar-refractivity contribution >= 4 is 0 Å². The number of aromatic nitrogens is 3. The van der Waals surface area contributed by atoms with E-state index in [0.717, 1.165) is 63.8 Å². The summed E-state index contributed by atoms with van der Waals surface area (Å²) in [6.45, 7) is 14.7. The first kappa shape index (κ1) is 24.0. The Kier molecular flexibility index (Phi) is 8.28. The van der Waals surface area contributed by atoms with Gasteiger partial charge in [0, 0.05) is 70.8 Å². The minimum absolute atomic E-state index is 0.463. The number of pyridine rings is 1. The van der Waals surface area contributed by atoms with Crippen LogP contribution in [-0.4, -0.2) is 78.0 Å². The molecule has 2 aromatic heterocycles. The van der Waals surface area contributed by atoms with E-state index >= 15 is 0 Å². The zero-order chi connectivity index (χ0) is 23.2. The van der Waals surface area contributed by atoms with Gasteiger partial charge in [-0.15, -0.1) is 10.2 Å². The Labute approximate surface area is 198 Å².